The fourth-order valence-corrected chi connectivity index (χ4v) is 1.86. The Morgan fingerprint density at radius 1 is 1.24 bits per heavy atom. The maximum atomic E-state index is 11.9. The molecule has 1 saturated heterocycles. The third-order valence-electron chi connectivity index (χ3n) is 2.75. The van der Waals surface area contributed by atoms with E-state index in [1.54, 1.807) is 22.0 Å². The van der Waals surface area contributed by atoms with Crippen molar-refractivity contribution in [1.82, 2.24) is 9.80 Å². The molecule has 1 aliphatic heterocycles. The summed E-state index contributed by atoms with van der Waals surface area (Å²) in [6.07, 6.45) is 1.81. The average molecular weight is 240 g/mol. The summed E-state index contributed by atoms with van der Waals surface area (Å²) >= 11 is 0. The summed E-state index contributed by atoms with van der Waals surface area (Å²) in [6.45, 7) is 9.03. The first-order valence-electron chi connectivity index (χ1n) is 5.66. The lowest BCUT2D eigenvalue weighted by molar-refractivity contribution is -0.131. The van der Waals surface area contributed by atoms with Gasteiger partial charge in [-0.1, -0.05) is 12.2 Å². The minimum absolute atomic E-state index is 0.0499. The van der Waals surface area contributed by atoms with Gasteiger partial charge in [-0.15, -0.1) is 13.2 Å². The van der Waals surface area contributed by atoms with Crippen LogP contribution in [0.25, 0.3) is 0 Å². The topological polar surface area (TPSA) is 64.0 Å². The molecule has 1 aliphatic rings. The summed E-state index contributed by atoms with van der Waals surface area (Å²) in [5.74, 6) is -0.0499. The van der Waals surface area contributed by atoms with Crippen LogP contribution in [0.5, 0.6) is 0 Å². The summed E-state index contributed by atoms with van der Waals surface area (Å²) in [5.41, 5.74) is 0. The van der Waals surface area contributed by atoms with Gasteiger partial charge in [0, 0.05) is 26.2 Å². The van der Waals surface area contributed by atoms with Gasteiger partial charge in [-0.2, -0.15) is 0 Å². The third-order valence-corrected chi connectivity index (χ3v) is 2.75. The van der Waals surface area contributed by atoms with E-state index < -0.39 is 12.2 Å². The molecule has 2 atom stereocenters. The number of aliphatic hydroxyl groups is 2. The largest absolute Gasteiger partial charge is 0.389 e. The van der Waals surface area contributed by atoms with E-state index >= 15 is 0 Å². The summed E-state index contributed by atoms with van der Waals surface area (Å²) in [5, 5.41) is 18.8. The lowest BCUT2D eigenvalue weighted by atomic mass is 10.3. The standard InChI is InChI=1S/C12H20N2O3/c1-3-5-14(6-4-2)12(17)9-13-7-10(15)11(16)8-13/h3-4,10-11,15-16H,1-2,5-9H2. The van der Waals surface area contributed by atoms with Crippen molar-refractivity contribution in [1.29, 1.82) is 0 Å². The van der Waals surface area contributed by atoms with Gasteiger partial charge in [0.05, 0.1) is 18.8 Å². The van der Waals surface area contributed by atoms with Crippen molar-refractivity contribution in [3.8, 4) is 0 Å². The van der Waals surface area contributed by atoms with Crippen molar-refractivity contribution in [2.45, 2.75) is 12.2 Å². The van der Waals surface area contributed by atoms with E-state index in [1.807, 2.05) is 0 Å². The van der Waals surface area contributed by atoms with Gasteiger partial charge in [-0.25, -0.2) is 0 Å². The number of hydrogen-bond donors (Lipinski definition) is 2. The van der Waals surface area contributed by atoms with Crippen molar-refractivity contribution in [2.24, 2.45) is 0 Å². The van der Waals surface area contributed by atoms with Crippen LogP contribution in [0.3, 0.4) is 0 Å². The Morgan fingerprint density at radius 3 is 2.12 bits per heavy atom. The molecule has 5 nitrogen and oxygen atoms in total. The summed E-state index contributed by atoms with van der Waals surface area (Å²) < 4.78 is 0. The molecule has 5 heteroatoms. The molecule has 0 aromatic heterocycles. The first-order chi connectivity index (χ1) is 8.08. The Bertz CT molecular complexity index is 273. The van der Waals surface area contributed by atoms with Gasteiger partial charge < -0.3 is 15.1 Å². The van der Waals surface area contributed by atoms with Gasteiger partial charge in [-0.3, -0.25) is 9.69 Å². The molecule has 0 aromatic carbocycles. The number of likely N-dealkylation sites (tertiary alicyclic amines) is 1. The van der Waals surface area contributed by atoms with E-state index in [4.69, 9.17) is 0 Å². The second-order valence-electron chi connectivity index (χ2n) is 4.20. The number of amides is 1. The second kappa shape index (κ2) is 6.54. The van der Waals surface area contributed by atoms with Gasteiger partial charge in [0.2, 0.25) is 5.91 Å². The predicted octanol–water partition coefficient (Wildman–Crippen LogP) is -0.776. The molecule has 2 unspecified atom stereocenters. The van der Waals surface area contributed by atoms with E-state index in [1.165, 1.54) is 0 Å². The average Bonchev–Trinajstić information content (AvgIpc) is 2.57. The molecule has 1 rings (SSSR count). The lowest BCUT2D eigenvalue weighted by Crippen LogP contribution is -2.40. The minimum Gasteiger partial charge on any atom is -0.389 e. The van der Waals surface area contributed by atoms with Crippen LogP contribution in [-0.4, -0.2) is 70.9 Å². The zero-order valence-electron chi connectivity index (χ0n) is 9.96. The fourth-order valence-electron chi connectivity index (χ4n) is 1.86. The molecule has 1 heterocycles. The molecule has 0 bridgehead atoms. The summed E-state index contributed by atoms with van der Waals surface area (Å²) in [4.78, 5) is 15.3. The highest BCUT2D eigenvalue weighted by Gasteiger charge is 2.31. The molecular formula is C12H20N2O3. The Kier molecular flexibility index (Phi) is 5.34. The maximum absolute atomic E-state index is 11.9. The number of carbonyl (C=O) groups is 1. The monoisotopic (exact) mass is 240 g/mol. The van der Waals surface area contributed by atoms with Crippen LogP contribution in [0.15, 0.2) is 25.3 Å². The molecule has 2 N–H and O–H groups in total. The molecular weight excluding hydrogens is 220 g/mol. The van der Waals surface area contributed by atoms with Gasteiger partial charge in [0.25, 0.3) is 0 Å². The summed E-state index contributed by atoms with van der Waals surface area (Å²) in [7, 11) is 0. The van der Waals surface area contributed by atoms with E-state index in [-0.39, 0.29) is 12.5 Å². The smallest absolute Gasteiger partial charge is 0.237 e. The normalized spacial score (nSPS) is 24.6. The molecule has 0 aromatic rings. The Hall–Kier alpha value is -1.17. The lowest BCUT2D eigenvalue weighted by Gasteiger charge is -2.22. The van der Waals surface area contributed by atoms with E-state index in [0.29, 0.717) is 26.2 Å². The Morgan fingerprint density at radius 2 is 1.71 bits per heavy atom. The molecule has 1 amide bonds. The molecule has 0 saturated carbocycles. The fraction of sp³-hybridized carbons (Fsp3) is 0.583. The highest BCUT2D eigenvalue weighted by Crippen LogP contribution is 2.09. The van der Waals surface area contributed by atoms with Gasteiger partial charge in [0.15, 0.2) is 0 Å². The number of β-amino-alcohol motifs (C(OH)–C–C–N with tert-alkyl or cyclic N) is 2. The molecule has 17 heavy (non-hydrogen) atoms. The number of rotatable bonds is 6. The van der Waals surface area contributed by atoms with E-state index in [9.17, 15) is 15.0 Å². The quantitative estimate of drug-likeness (QED) is 0.598. The number of carbonyl (C=O) groups excluding carboxylic acids is 1. The number of hydrogen-bond acceptors (Lipinski definition) is 4. The van der Waals surface area contributed by atoms with Crippen LogP contribution in [0.4, 0.5) is 0 Å². The molecule has 0 spiro atoms. The maximum Gasteiger partial charge on any atom is 0.237 e. The van der Waals surface area contributed by atoms with Crippen LogP contribution >= 0.6 is 0 Å². The second-order valence-corrected chi connectivity index (χ2v) is 4.20. The van der Waals surface area contributed by atoms with Crippen molar-refractivity contribution < 1.29 is 15.0 Å². The number of aliphatic hydroxyl groups excluding tert-OH is 2. The zero-order valence-corrected chi connectivity index (χ0v) is 9.96. The highest BCUT2D eigenvalue weighted by molar-refractivity contribution is 5.78. The van der Waals surface area contributed by atoms with Crippen LogP contribution in [0.1, 0.15) is 0 Å². The van der Waals surface area contributed by atoms with Crippen molar-refractivity contribution in [2.75, 3.05) is 32.7 Å². The van der Waals surface area contributed by atoms with Crippen LogP contribution < -0.4 is 0 Å². The first-order valence-corrected chi connectivity index (χ1v) is 5.66. The van der Waals surface area contributed by atoms with Crippen LogP contribution in [0, 0.1) is 0 Å². The van der Waals surface area contributed by atoms with Gasteiger partial charge in [-0.05, 0) is 0 Å². The van der Waals surface area contributed by atoms with Crippen LogP contribution in [-0.2, 0) is 4.79 Å². The molecule has 0 aliphatic carbocycles. The molecule has 0 radical (unpaired) electrons. The summed E-state index contributed by atoms with van der Waals surface area (Å²) in [6, 6.07) is 0. The Labute approximate surface area is 102 Å². The van der Waals surface area contributed by atoms with Crippen LogP contribution in [0.2, 0.25) is 0 Å². The Balaban J connectivity index is 2.46. The molecule has 1 fully saturated rings. The zero-order chi connectivity index (χ0) is 12.8. The molecule has 96 valence electrons. The third kappa shape index (κ3) is 3.96. The SMILES string of the molecule is C=CCN(CC=C)C(=O)CN1CC(O)C(O)C1. The van der Waals surface area contributed by atoms with Crippen molar-refractivity contribution in [3.05, 3.63) is 25.3 Å². The van der Waals surface area contributed by atoms with E-state index in [0.717, 1.165) is 0 Å². The van der Waals surface area contributed by atoms with Crippen molar-refractivity contribution >= 4 is 5.91 Å². The number of nitrogens with zero attached hydrogens (tertiary/aromatic N) is 2. The first kappa shape index (κ1) is 13.9. The van der Waals surface area contributed by atoms with Gasteiger partial charge in [0.1, 0.15) is 0 Å². The predicted molar refractivity (Wildman–Crippen MR) is 65.4 cm³/mol. The van der Waals surface area contributed by atoms with Gasteiger partial charge >= 0.3 is 0 Å². The van der Waals surface area contributed by atoms with Crippen molar-refractivity contribution in [3.63, 3.8) is 0 Å². The van der Waals surface area contributed by atoms with E-state index in [2.05, 4.69) is 13.2 Å². The highest BCUT2D eigenvalue weighted by atomic mass is 16.3. The minimum atomic E-state index is -0.755.